The minimum absolute atomic E-state index is 0.196. The van der Waals surface area contributed by atoms with Crippen LogP contribution in [0.1, 0.15) is 20.1 Å². The minimum Gasteiger partial charge on any atom is -0.389 e. The van der Waals surface area contributed by atoms with Gasteiger partial charge in [-0.25, -0.2) is 0 Å². The lowest BCUT2D eigenvalue weighted by molar-refractivity contribution is 0.103. The van der Waals surface area contributed by atoms with Crippen LogP contribution >= 0.6 is 35.2 Å². The van der Waals surface area contributed by atoms with Gasteiger partial charge in [-0.1, -0.05) is 23.8 Å². The summed E-state index contributed by atoms with van der Waals surface area (Å²) >= 11 is 12.3. The number of benzene rings is 1. The van der Waals surface area contributed by atoms with E-state index in [9.17, 15) is 4.79 Å². The zero-order valence-corrected chi connectivity index (χ0v) is 12.5. The van der Waals surface area contributed by atoms with Crippen molar-refractivity contribution in [2.45, 2.75) is 6.92 Å². The number of rotatable bonds is 3. The number of halogens is 1. The molecule has 0 aliphatic heterocycles. The number of thiocarbonyl (C=S) groups is 1. The molecule has 3 N–H and O–H groups in total. The maximum Gasteiger partial charge on any atom is 0.265 e. The van der Waals surface area contributed by atoms with Crippen molar-refractivity contribution in [3.63, 3.8) is 0 Å². The lowest BCUT2D eigenvalue weighted by atomic mass is 10.1. The lowest BCUT2D eigenvalue weighted by Crippen LogP contribution is -2.16. The SMILES string of the molecule is Cc1ccc(C(=O)Nc2cc(Cl)ccc2C(N)=S)s1. The second-order valence-electron chi connectivity index (χ2n) is 3.92. The fourth-order valence-electron chi connectivity index (χ4n) is 1.58. The highest BCUT2D eigenvalue weighted by Crippen LogP contribution is 2.23. The van der Waals surface area contributed by atoms with Crippen LogP contribution in [0.25, 0.3) is 0 Å². The van der Waals surface area contributed by atoms with E-state index in [4.69, 9.17) is 29.6 Å². The number of thiophene rings is 1. The van der Waals surface area contributed by atoms with Crippen LogP contribution in [0.5, 0.6) is 0 Å². The Morgan fingerprint density at radius 2 is 2.11 bits per heavy atom. The van der Waals surface area contributed by atoms with Gasteiger partial charge in [0.2, 0.25) is 0 Å². The average Bonchev–Trinajstić information content (AvgIpc) is 2.75. The van der Waals surface area contributed by atoms with Crippen molar-refractivity contribution in [1.82, 2.24) is 0 Å². The van der Waals surface area contributed by atoms with Crippen molar-refractivity contribution in [2.24, 2.45) is 5.73 Å². The van der Waals surface area contributed by atoms with Gasteiger partial charge in [0.25, 0.3) is 5.91 Å². The van der Waals surface area contributed by atoms with Gasteiger partial charge >= 0.3 is 0 Å². The fourth-order valence-corrected chi connectivity index (χ4v) is 2.69. The van der Waals surface area contributed by atoms with Crippen molar-refractivity contribution >= 4 is 51.7 Å². The molecule has 0 radical (unpaired) electrons. The standard InChI is InChI=1S/C13H11ClN2OS2/c1-7-2-5-11(19-7)13(17)16-10-6-8(14)3-4-9(10)12(15)18/h2-6H,1H3,(H2,15,18)(H,16,17). The third-order valence-electron chi connectivity index (χ3n) is 2.46. The third kappa shape index (κ3) is 3.32. The van der Waals surface area contributed by atoms with Gasteiger partial charge in [0, 0.05) is 15.5 Å². The molecule has 0 aliphatic carbocycles. The van der Waals surface area contributed by atoms with Gasteiger partial charge in [0.15, 0.2) is 0 Å². The molecule has 1 heterocycles. The van der Waals surface area contributed by atoms with Crippen LogP contribution in [0, 0.1) is 6.92 Å². The molecule has 0 aliphatic rings. The largest absolute Gasteiger partial charge is 0.389 e. The maximum atomic E-state index is 12.1. The zero-order valence-electron chi connectivity index (χ0n) is 10.1. The third-order valence-corrected chi connectivity index (χ3v) is 3.91. The van der Waals surface area contributed by atoms with Crippen molar-refractivity contribution in [3.8, 4) is 0 Å². The Kier molecular flexibility index (Phi) is 4.19. The van der Waals surface area contributed by atoms with Crippen LogP contribution in [-0.2, 0) is 0 Å². The van der Waals surface area contributed by atoms with Crippen LogP contribution < -0.4 is 11.1 Å². The molecule has 1 amide bonds. The second-order valence-corrected chi connectivity index (χ2v) is 6.08. The molecule has 0 unspecified atom stereocenters. The summed E-state index contributed by atoms with van der Waals surface area (Å²) in [5.41, 5.74) is 6.75. The zero-order chi connectivity index (χ0) is 14.0. The maximum absolute atomic E-state index is 12.1. The molecule has 98 valence electrons. The van der Waals surface area contributed by atoms with E-state index in [1.54, 1.807) is 24.3 Å². The van der Waals surface area contributed by atoms with E-state index < -0.39 is 0 Å². The van der Waals surface area contributed by atoms with Crippen LogP contribution in [0.4, 0.5) is 5.69 Å². The number of hydrogen-bond donors (Lipinski definition) is 2. The first-order valence-electron chi connectivity index (χ1n) is 5.44. The molecular weight excluding hydrogens is 300 g/mol. The quantitative estimate of drug-likeness (QED) is 0.852. The van der Waals surface area contributed by atoms with Gasteiger partial charge in [0.05, 0.1) is 10.6 Å². The molecule has 1 aromatic heterocycles. The van der Waals surface area contributed by atoms with Gasteiger partial charge < -0.3 is 11.1 Å². The average molecular weight is 311 g/mol. The van der Waals surface area contributed by atoms with E-state index in [0.717, 1.165) is 4.88 Å². The molecule has 0 bridgehead atoms. The summed E-state index contributed by atoms with van der Waals surface area (Å²) in [6.07, 6.45) is 0. The van der Waals surface area contributed by atoms with Gasteiger partial charge in [-0.05, 0) is 37.3 Å². The number of carbonyl (C=O) groups is 1. The summed E-state index contributed by atoms with van der Waals surface area (Å²) in [7, 11) is 0. The Labute approximate surface area is 125 Å². The van der Waals surface area contributed by atoms with Crippen molar-refractivity contribution < 1.29 is 4.79 Å². The first-order valence-corrected chi connectivity index (χ1v) is 7.05. The van der Waals surface area contributed by atoms with Crippen LogP contribution in [-0.4, -0.2) is 10.9 Å². The minimum atomic E-state index is -0.196. The van der Waals surface area contributed by atoms with E-state index in [0.29, 0.717) is 21.2 Å². The fraction of sp³-hybridized carbons (Fsp3) is 0.0769. The van der Waals surface area contributed by atoms with Gasteiger partial charge in [-0.3, -0.25) is 4.79 Å². The number of carbonyl (C=O) groups excluding carboxylic acids is 1. The number of nitrogens with two attached hydrogens (primary N) is 1. The smallest absolute Gasteiger partial charge is 0.265 e. The molecule has 19 heavy (non-hydrogen) atoms. The molecule has 2 rings (SSSR count). The molecule has 0 saturated heterocycles. The van der Waals surface area contributed by atoms with E-state index in [2.05, 4.69) is 5.32 Å². The topological polar surface area (TPSA) is 55.1 Å². The number of aryl methyl sites for hydroxylation is 1. The molecule has 0 saturated carbocycles. The van der Waals surface area contributed by atoms with Crippen LogP contribution in [0.15, 0.2) is 30.3 Å². The predicted octanol–water partition coefficient (Wildman–Crippen LogP) is 3.60. The Hall–Kier alpha value is -1.43. The second kappa shape index (κ2) is 5.69. The monoisotopic (exact) mass is 310 g/mol. The number of anilines is 1. The van der Waals surface area contributed by atoms with E-state index in [1.807, 2.05) is 13.0 Å². The first kappa shape index (κ1) is 14.0. The lowest BCUT2D eigenvalue weighted by Gasteiger charge is -2.09. The Balaban J connectivity index is 2.30. The highest BCUT2D eigenvalue weighted by Gasteiger charge is 2.12. The highest BCUT2D eigenvalue weighted by atomic mass is 35.5. The summed E-state index contributed by atoms with van der Waals surface area (Å²) < 4.78 is 0. The van der Waals surface area contributed by atoms with Gasteiger partial charge in [-0.2, -0.15) is 0 Å². The van der Waals surface area contributed by atoms with Crippen LogP contribution in [0.2, 0.25) is 5.02 Å². The summed E-state index contributed by atoms with van der Waals surface area (Å²) in [5.74, 6) is -0.196. The van der Waals surface area contributed by atoms with E-state index in [-0.39, 0.29) is 10.9 Å². The van der Waals surface area contributed by atoms with Crippen molar-refractivity contribution in [2.75, 3.05) is 5.32 Å². The highest BCUT2D eigenvalue weighted by molar-refractivity contribution is 7.80. The van der Waals surface area contributed by atoms with Crippen molar-refractivity contribution in [1.29, 1.82) is 0 Å². The summed E-state index contributed by atoms with van der Waals surface area (Å²) in [6, 6.07) is 8.68. The molecule has 3 nitrogen and oxygen atoms in total. The molecule has 0 fully saturated rings. The summed E-state index contributed by atoms with van der Waals surface area (Å²) in [5, 5.41) is 3.29. The van der Waals surface area contributed by atoms with Gasteiger partial charge in [-0.15, -0.1) is 11.3 Å². The Bertz CT molecular complexity index is 652. The normalized spacial score (nSPS) is 10.2. The Morgan fingerprint density at radius 1 is 1.37 bits per heavy atom. The first-order chi connectivity index (χ1) is 8.97. The summed E-state index contributed by atoms with van der Waals surface area (Å²) in [6.45, 7) is 1.95. The Morgan fingerprint density at radius 3 is 2.68 bits per heavy atom. The molecule has 0 spiro atoms. The number of hydrogen-bond acceptors (Lipinski definition) is 3. The number of nitrogens with one attached hydrogen (secondary N) is 1. The number of amides is 1. The molecule has 1 aromatic carbocycles. The van der Waals surface area contributed by atoms with E-state index >= 15 is 0 Å². The van der Waals surface area contributed by atoms with E-state index in [1.165, 1.54) is 11.3 Å². The molecule has 6 heteroatoms. The molecule has 2 aromatic rings. The van der Waals surface area contributed by atoms with Crippen molar-refractivity contribution in [3.05, 3.63) is 50.7 Å². The van der Waals surface area contributed by atoms with Crippen LogP contribution in [0.3, 0.4) is 0 Å². The molecule has 0 atom stereocenters. The molecular formula is C13H11ClN2OS2. The summed E-state index contributed by atoms with van der Waals surface area (Å²) in [4.78, 5) is 14.0. The predicted molar refractivity (Wildman–Crippen MR) is 84.3 cm³/mol. The van der Waals surface area contributed by atoms with Gasteiger partial charge in [0.1, 0.15) is 4.99 Å².